The van der Waals surface area contributed by atoms with Crippen molar-refractivity contribution in [2.75, 3.05) is 0 Å². The summed E-state index contributed by atoms with van der Waals surface area (Å²) < 4.78 is 36.8. The van der Waals surface area contributed by atoms with E-state index in [-0.39, 0.29) is 16.5 Å². The lowest BCUT2D eigenvalue weighted by Gasteiger charge is -2.02. The fourth-order valence-corrected chi connectivity index (χ4v) is 1.18. The van der Waals surface area contributed by atoms with Crippen LogP contribution >= 0.6 is 15.9 Å². The molecular formula is C7H3BrF3NO. The zero-order valence-corrected chi connectivity index (χ0v) is 7.69. The van der Waals surface area contributed by atoms with Gasteiger partial charge in [-0.2, -0.15) is 0 Å². The van der Waals surface area contributed by atoms with Crippen LogP contribution in [0.25, 0.3) is 0 Å². The fraction of sp³-hybridized carbons (Fsp3) is 0.143. The normalized spacial score (nSPS) is 10.5. The van der Waals surface area contributed by atoms with E-state index in [1.54, 1.807) is 0 Å². The molecule has 0 unspecified atom stereocenters. The van der Waals surface area contributed by atoms with Gasteiger partial charge in [0.05, 0.1) is 4.47 Å². The minimum Gasteiger partial charge on any atom is -0.296 e. The molecule has 0 atom stereocenters. The molecule has 0 saturated carbocycles. The second-order valence-corrected chi connectivity index (χ2v) is 3.00. The van der Waals surface area contributed by atoms with Crippen molar-refractivity contribution in [2.45, 2.75) is 6.43 Å². The number of halogens is 4. The van der Waals surface area contributed by atoms with Crippen LogP contribution in [0.5, 0.6) is 0 Å². The van der Waals surface area contributed by atoms with Crippen molar-refractivity contribution in [1.82, 2.24) is 4.98 Å². The van der Waals surface area contributed by atoms with Crippen molar-refractivity contribution in [2.24, 2.45) is 0 Å². The highest BCUT2D eigenvalue weighted by molar-refractivity contribution is 9.10. The largest absolute Gasteiger partial charge is 0.296 e. The summed E-state index contributed by atoms with van der Waals surface area (Å²) in [5.41, 5.74) is -1.25. The quantitative estimate of drug-likeness (QED) is 0.759. The number of hydrogen-bond donors (Lipinski definition) is 0. The van der Waals surface area contributed by atoms with Gasteiger partial charge >= 0.3 is 0 Å². The Morgan fingerprint density at radius 2 is 2.15 bits per heavy atom. The Morgan fingerprint density at radius 1 is 1.54 bits per heavy atom. The van der Waals surface area contributed by atoms with Crippen LogP contribution in [-0.4, -0.2) is 11.3 Å². The molecule has 0 bridgehead atoms. The minimum absolute atomic E-state index is 0.195. The maximum absolute atomic E-state index is 12.9. The van der Waals surface area contributed by atoms with Gasteiger partial charge in [-0.15, -0.1) is 0 Å². The van der Waals surface area contributed by atoms with Crippen LogP contribution in [0.15, 0.2) is 10.5 Å². The molecule has 0 aromatic carbocycles. The van der Waals surface area contributed by atoms with Gasteiger partial charge in [-0.3, -0.25) is 4.79 Å². The number of nitrogens with zero attached hydrogens (tertiary/aromatic N) is 1. The molecular weight excluding hydrogens is 251 g/mol. The van der Waals surface area contributed by atoms with E-state index in [2.05, 4.69) is 20.9 Å². The molecule has 0 radical (unpaired) electrons. The van der Waals surface area contributed by atoms with Crippen LogP contribution in [0.1, 0.15) is 22.6 Å². The van der Waals surface area contributed by atoms with E-state index in [1.807, 2.05) is 0 Å². The molecule has 1 heterocycles. The van der Waals surface area contributed by atoms with Crippen molar-refractivity contribution in [1.29, 1.82) is 0 Å². The lowest BCUT2D eigenvalue weighted by atomic mass is 10.3. The van der Waals surface area contributed by atoms with Crippen molar-refractivity contribution in [3.05, 3.63) is 27.7 Å². The van der Waals surface area contributed by atoms with E-state index in [4.69, 9.17) is 0 Å². The van der Waals surface area contributed by atoms with Crippen LogP contribution in [0.2, 0.25) is 0 Å². The molecule has 0 aliphatic rings. The van der Waals surface area contributed by atoms with E-state index in [9.17, 15) is 18.0 Å². The van der Waals surface area contributed by atoms with Gasteiger partial charge < -0.3 is 0 Å². The third kappa shape index (κ3) is 2.06. The number of pyridine rings is 1. The number of rotatable bonds is 2. The number of carbonyl (C=O) groups excluding carboxylic acids is 1. The number of hydrogen-bond acceptors (Lipinski definition) is 2. The third-order valence-corrected chi connectivity index (χ3v) is 1.86. The van der Waals surface area contributed by atoms with E-state index in [0.717, 1.165) is 6.07 Å². The lowest BCUT2D eigenvalue weighted by molar-refractivity contribution is 0.111. The van der Waals surface area contributed by atoms with Crippen LogP contribution in [0, 0.1) is 5.82 Å². The van der Waals surface area contributed by atoms with Gasteiger partial charge in [0.15, 0.2) is 12.1 Å². The van der Waals surface area contributed by atoms with Crippen LogP contribution in [0.4, 0.5) is 13.2 Å². The van der Waals surface area contributed by atoms with E-state index in [1.165, 1.54) is 0 Å². The molecule has 0 aliphatic heterocycles. The maximum Gasteiger partial charge on any atom is 0.283 e. The van der Waals surface area contributed by atoms with E-state index < -0.39 is 17.9 Å². The summed E-state index contributed by atoms with van der Waals surface area (Å²) in [7, 11) is 0. The second-order valence-electron chi connectivity index (χ2n) is 2.15. The molecule has 0 N–H and O–H groups in total. The molecule has 0 aliphatic carbocycles. The molecule has 1 aromatic rings. The lowest BCUT2D eigenvalue weighted by Crippen LogP contribution is -2.00. The topological polar surface area (TPSA) is 30.0 Å². The van der Waals surface area contributed by atoms with Gasteiger partial charge in [-0.1, -0.05) is 0 Å². The highest BCUT2D eigenvalue weighted by atomic mass is 79.9. The molecule has 2 nitrogen and oxygen atoms in total. The number of carbonyl (C=O) groups is 1. The Hall–Kier alpha value is -0.910. The number of aldehydes is 1. The molecule has 0 spiro atoms. The Labute approximate surface area is 79.9 Å². The van der Waals surface area contributed by atoms with Gasteiger partial charge in [0.2, 0.25) is 0 Å². The standard InChI is InChI=1S/C7H3BrF3NO/c8-4-1-3(2-13)12-6(5(4)9)7(10)11/h1-2,7H. The summed E-state index contributed by atoms with van der Waals surface area (Å²) >= 11 is 2.70. The van der Waals surface area contributed by atoms with Crippen molar-refractivity contribution < 1.29 is 18.0 Å². The molecule has 0 fully saturated rings. The summed E-state index contributed by atoms with van der Waals surface area (Å²) in [5.74, 6) is -1.14. The van der Waals surface area contributed by atoms with Crippen LogP contribution < -0.4 is 0 Å². The summed E-state index contributed by atoms with van der Waals surface area (Å²) in [5, 5.41) is 0. The van der Waals surface area contributed by atoms with E-state index >= 15 is 0 Å². The number of aromatic nitrogens is 1. The van der Waals surface area contributed by atoms with Crippen LogP contribution in [-0.2, 0) is 0 Å². The average molecular weight is 254 g/mol. The Balaban J connectivity index is 3.32. The molecule has 1 aromatic heterocycles. The smallest absolute Gasteiger partial charge is 0.283 e. The molecule has 0 saturated heterocycles. The monoisotopic (exact) mass is 253 g/mol. The fourth-order valence-electron chi connectivity index (χ4n) is 0.741. The van der Waals surface area contributed by atoms with Crippen molar-refractivity contribution >= 4 is 22.2 Å². The summed E-state index contributed by atoms with van der Waals surface area (Å²) in [6.07, 6.45) is -2.76. The third-order valence-electron chi connectivity index (χ3n) is 1.29. The highest BCUT2D eigenvalue weighted by Gasteiger charge is 2.18. The van der Waals surface area contributed by atoms with Crippen molar-refractivity contribution in [3.63, 3.8) is 0 Å². The zero-order chi connectivity index (χ0) is 10.0. The first-order chi connectivity index (χ1) is 6.06. The minimum atomic E-state index is -3.03. The molecule has 1 rings (SSSR count). The Bertz CT molecular complexity index is 343. The predicted molar refractivity (Wildman–Crippen MR) is 42.2 cm³/mol. The molecule has 13 heavy (non-hydrogen) atoms. The summed E-state index contributed by atoms with van der Waals surface area (Å²) in [6, 6.07) is 1.04. The zero-order valence-electron chi connectivity index (χ0n) is 6.10. The van der Waals surface area contributed by atoms with E-state index in [0.29, 0.717) is 0 Å². The Morgan fingerprint density at radius 3 is 2.62 bits per heavy atom. The van der Waals surface area contributed by atoms with Gasteiger partial charge in [0.1, 0.15) is 11.4 Å². The first-order valence-electron chi connectivity index (χ1n) is 3.15. The van der Waals surface area contributed by atoms with Gasteiger partial charge in [-0.25, -0.2) is 18.2 Å². The van der Waals surface area contributed by atoms with Gasteiger partial charge in [-0.05, 0) is 22.0 Å². The maximum atomic E-state index is 12.9. The van der Waals surface area contributed by atoms with Gasteiger partial charge in [0.25, 0.3) is 6.43 Å². The van der Waals surface area contributed by atoms with Crippen molar-refractivity contribution in [3.8, 4) is 0 Å². The Kier molecular flexibility index (Phi) is 3.02. The first-order valence-corrected chi connectivity index (χ1v) is 3.95. The van der Waals surface area contributed by atoms with Crippen LogP contribution in [0.3, 0.4) is 0 Å². The summed E-state index contributed by atoms with van der Waals surface area (Å²) in [6.45, 7) is 0. The second kappa shape index (κ2) is 3.87. The average Bonchev–Trinajstić information content (AvgIpc) is 2.09. The SMILES string of the molecule is O=Cc1cc(Br)c(F)c(C(F)F)n1. The number of alkyl halides is 2. The summed E-state index contributed by atoms with van der Waals surface area (Å²) in [4.78, 5) is 13.3. The molecule has 6 heteroatoms. The van der Waals surface area contributed by atoms with Gasteiger partial charge in [0, 0.05) is 0 Å². The molecule has 0 amide bonds. The first kappa shape index (κ1) is 10.2. The highest BCUT2D eigenvalue weighted by Crippen LogP contribution is 2.25. The molecule has 70 valence electrons. The predicted octanol–water partition coefficient (Wildman–Crippen LogP) is 2.73.